The molecule has 0 aliphatic rings. The van der Waals surface area contributed by atoms with Crippen molar-refractivity contribution in [3.63, 3.8) is 0 Å². The summed E-state index contributed by atoms with van der Waals surface area (Å²) in [7, 11) is 0. The smallest absolute Gasteiger partial charge is 0.263 e. The molecule has 0 fully saturated rings. The van der Waals surface area contributed by atoms with E-state index >= 15 is 0 Å². The van der Waals surface area contributed by atoms with Gasteiger partial charge >= 0.3 is 0 Å². The lowest BCUT2D eigenvalue weighted by Crippen LogP contribution is -2.31. The van der Waals surface area contributed by atoms with Crippen molar-refractivity contribution in [3.8, 4) is 0 Å². The molecule has 0 saturated carbocycles. The van der Waals surface area contributed by atoms with Crippen LogP contribution in [0.3, 0.4) is 0 Å². The zero-order valence-corrected chi connectivity index (χ0v) is 18.2. The van der Waals surface area contributed by atoms with Gasteiger partial charge in [0.2, 0.25) is 5.91 Å². The molecule has 0 atom stereocenters. The fraction of sp³-hybridized carbons (Fsp3) is 0.120. The first-order valence-corrected chi connectivity index (χ1v) is 11.1. The average Bonchev–Trinajstić information content (AvgIpc) is 2.84. The lowest BCUT2D eigenvalue weighted by Gasteiger charge is -2.20. The van der Waals surface area contributed by atoms with E-state index in [1.165, 1.54) is 16.3 Å². The predicted molar refractivity (Wildman–Crippen MR) is 128 cm³/mol. The zero-order chi connectivity index (χ0) is 22.3. The molecule has 0 saturated heterocycles. The van der Waals surface area contributed by atoms with Crippen LogP contribution in [0.4, 0.5) is 0 Å². The van der Waals surface area contributed by atoms with Crippen molar-refractivity contribution in [3.05, 3.63) is 113 Å². The van der Waals surface area contributed by atoms with E-state index in [0.29, 0.717) is 22.7 Å². The molecular formula is C25H22N4O2S. The first-order chi connectivity index (χ1) is 15.7. The molecule has 2 aromatic heterocycles. The molecule has 0 spiro atoms. The molecule has 0 bridgehead atoms. The third-order valence-electron chi connectivity index (χ3n) is 4.91. The Morgan fingerprint density at radius 2 is 1.69 bits per heavy atom. The van der Waals surface area contributed by atoms with Crippen molar-refractivity contribution in [2.75, 3.05) is 5.75 Å². The van der Waals surface area contributed by atoms with Crippen LogP contribution in [-0.4, -0.2) is 26.2 Å². The lowest BCUT2D eigenvalue weighted by molar-refractivity contribution is -0.119. The number of thioether (sulfide) groups is 1. The van der Waals surface area contributed by atoms with Gasteiger partial charge in [-0.25, -0.2) is 9.97 Å². The van der Waals surface area contributed by atoms with E-state index in [1.807, 2.05) is 60.7 Å². The van der Waals surface area contributed by atoms with Crippen LogP contribution in [0.15, 0.2) is 102 Å². The summed E-state index contributed by atoms with van der Waals surface area (Å²) in [6.07, 6.45) is 3.23. The molecule has 7 heteroatoms. The number of nitrogens with zero attached hydrogens (tertiary/aromatic N) is 3. The number of allylic oxidation sites excluding steroid dienone is 1. The number of nitrogens with one attached hydrogen (secondary N) is 1. The highest BCUT2D eigenvalue weighted by Crippen LogP contribution is 2.23. The molecular weight excluding hydrogens is 420 g/mol. The van der Waals surface area contributed by atoms with Gasteiger partial charge in [0.15, 0.2) is 10.8 Å². The van der Waals surface area contributed by atoms with Crippen molar-refractivity contribution in [2.45, 2.75) is 17.7 Å². The summed E-state index contributed by atoms with van der Waals surface area (Å²) in [4.78, 5) is 34.5. The second-order valence-corrected chi connectivity index (χ2v) is 8.03. The Bertz CT molecular complexity index is 1250. The Balaban J connectivity index is 1.56. The van der Waals surface area contributed by atoms with Crippen molar-refractivity contribution >= 4 is 28.7 Å². The SMILES string of the molecule is C=CCn1c(SCC(=O)NC(c2ccccc2)c2ccccc2)nc2ncccc2c1=O. The Hall–Kier alpha value is -3.71. The number of carbonyl (C=O) groups excluding carboxylic acids is 1. The van der Waals surface area contributed by atoms with Gasteiger partial charge in [0, 0.05) is 12.7 Å². The summed E-state index contributed by atoms with van der Waals surface area (Å²) in [5, 5.41) is 3.99. The molecule has 6 nitrogen and oxygen atoms in total. The normalized spacial score (nSPS) is 10.9. The van der Waals surface area contributed by atoms with E-state index in [9.17, 15) is 9.59 Å². The zero-order valence-electron chi connectivity index (χ0n) is 17.3. The molecule has 0 unspecified atom stereocenters. The molecule has 32 heavy (non-hydrogen) atoms. The third-order valence-corrected chi connectivity index (χ3v) is 5.89. The van der Waals surface area contributed by atoms with E-state index in [4.69, 9.17) is 0 Å². The first-order valence-electron chi connectivity index (χ1n) is 10.2. The highest BCUT2D eigenvalue weighted by molar-refractivity contribution is 7.99. The second-order valence-electron chi connectivity index (χ2n) is 7.08. The summed E-state index contributed by atoms with van der Waals surface area (Å²) >= 11 is 1.21. The minimum atomic E-state index is -0.271. The Labute approximate surface area is 190 Å². The maximum atomic E-state index is 12.9. The minimum absolute atomic E-state index is 0.109. The number of rotatable bonds is 8. The third kappa shape index (κ3) is 4.78. The molecule has 1 N–H and O–H groups in total. The van der Waals surface area contributed by atoms with Gasteiger partial charge in [-0.3, -0.25) is 14.2 Å². The number of pyridine rings is 1. The van der Waals surface area contributed by atoms with Crippen molar-refractivity contribution in [2.24, 2.45) is 0 Å². The molecule has 4 rings (SSSR count). The highest BCUT2D eigenvalue weighted by atomic mass is 32.2. The van der Waals surface area contributed by atoms with Gasteiger partial charge in [-0.15, -0.1) is 6.58 Å². The molecule has 2 aromatic carbocycles. The summed E-state index contributed by atoms with van der Waals surface area (Å²) in [6, 6.07) is 22.8. The van der Waals surface area contributed by atoms with E-state index < -0.39 is 0 Å². The van der Waals surface area contributed by atoms with Crippen LogP contribution >= 0.6 is 11.8 Å². The maximum Gasteiger partial charge on any atom is 0.263 e. The van der Waals surface area contributed by atoms with E-state index in [0.717, 1.165) is 11.1 Å². The molecule has 2 heterocycles. The molecule has 4 aromatic rings. The molecule has 0 radical (unpaired) electrons. The predicted octanol–water partition coefficient (Wildman–Crippen LogP) is 3.98. The standard InChI is InChI=1S/C25H22N4O2S/c1-2-16-29-24(31)20-14-9-15-26-23(20)28-25(29)32-17-21(30)27-22(18-10-5-3-6-11-18)19-12-7-4-8-13-19/h2-15,22H,1,16-17H2,(H,27,30). The van der Waals surface area contributed by atoms with E-state index in [2.05, 4.69) is 21.9 Å². The highest BCUT2D eigenvalue weighted by Gasteiger charge is 2.18. The van der Waals surface area contributed by atoms with Gasteiger partial charge in [0.25, 0.3) is 5.56 Å². The van der Waals surface area contributed by atoms with Crippen LogP contribution in [0, 0.1) is 0 Å². The summed E-state index contributed by atoms with van der Waals surface area (Å²) in [6.45, 7) is 4.03. The summed E-state index contributed by atoms with van der Waals surface area (Å²) < 4.78 is 1.51. The van der Waals surface area contributed by atoms with Gasteiger partial charge in [-0.2, -0.15) is 0 Å². The summed E-state index contributed by atoms with van der Waals surface area (Å²) in [5.41, 5.74) is 2.16. The average molecular weight is 443 g/mol. The molecule has 160 valence electrons. The van der Waals surface area contributed by atoms with Crippen LogP contribution in [0.2, 0.25) is 0 Å². The number of amides is 1. The van der Waals surface area contributed by atoms with Gasteiger partial charge in [-0.1, -0.05) is 78.5 Å². The van der Waals surface area contributed by atoms with Crippen LogP contribution in [0.5, 0.6) is 0 Å². The van der Waals surface area contributed by atoms with Crippen LogP contribution in [0.1, 0.15) is 17.2 Å². The molecule has 0 aliphatic heterocycles. The van der Waals surface area contributed by atoms with Gasteiger partial charge in [-0.05, 0) is 23.3 Å². The largest absolute Gasteiger partial charge is 0.344 e. The van der Waals surface area contributed by atoms with E-state index in [1.54, 1.807) is 24.4 Å². The monoisotopic (exact) mass is 442 g/mol. The van der Waals surface area contributed by atoms with Crippen LogP contribution in [-0.2, 0) is 11.3 Å². The second kappa shape index (κ2) is 10.1. The van der Waals surface area contributed by atoms with Crippen molar-refractivity contribution < 1.29 is 4.79 Å². The topological polar surface area (TPSA) is 76.9 Å². The maximum absolute atomic E-state index is 12.9. The number of carbonyl (C=O) groups is 1. The quantitative estimate of drug-likeness (QED) is 0.254. The number of hydrogen-bond acceptors (Lipinski definition) is 5. The Kier molecular flexibility index (Phi) is 6.77. The van der Waals surface area contributed by atoms with Gasteiger partial charge in [0.05, 0.1) is 17.2 Å². The fourth-order valence-corrected chi connectivity index (χ4v) is 4.23. The van der Waals surface area contributed by atoms with Crippen molar-refractivity contribution in [1.29, 1.82) is 0 Å². The first kappa shape index (κ1) is 21.5. The Morgan fingerprint density at radius 3 is 2.31 bits per heavy atom. The number of benzene rings is 2. The molecule has 1 amide bonds. The molecule has 0 aliphatic carbocycles. The number of hydrogen-bond donors (Lipinski definition) is 1. The number of fused-ring (bicyclic) bond motifs is 1. The summed E-state index contributed by atoms with van der Waals surface area (Å²) in [5.74, 6) is -0.0498. The van der Waals surface area contributed by atoms with E-state index in [-0.39, 0.29) is 23.3 Å². The minimum Gasteiger partial charge on any atom is -0.344 e. The van der Waals surface area contributed by atoms with Crippen LogP contribution < -0.4 is 10.9 Å². The van der Waals surface area contributed by atoms with Crippen molar-refractivity contribution in [1.82, 2.24) is 19.9 Å². The van der Waals surface area contributed by atoms with Gasteiger partial charge in [0.1, 0.15) is 0 Å². The number of aromatic nitrogens is 3. The van der Waals surface area contributed by atoms with Crippen LogP contribution in [0.25, 0.3) is 11.0 Å². The Morgan fingerprint density at radius 1 is 1.03 bits per heavy atom. The fourth-order valence-electron chi connectivity index (χ4n) is 3.42. The van der Waals surface area contributed by atoms with Gasteiger partial charge < -0.3 is 5.32 Å². The lowest BCUT2D eigenvalue weighted by atomic mass is 9.99.